The van der Waals surface area contributed by atoms with Crippen LogP contribution in [-0.2, 0) is 6.54 Å². The summed E-state index contributed by atoms with van der Waals surface area (Å²) in [4.78, 5) is 3.43. The van der Waals surface area contributed by atoms with Gasteiger partial charge in [0.05, 0.1) is 17.9 Å². The fourth-order valence-electron chi connectivity index (χ4n) is 3.10. The molecule has 0 fully saturated rings. The summed E-state index contributed by atoms with van der Waals surface area (Å²) in [5.41, 5.74) is 5.71. The van der Waals surface area contributed by atoms with Crippen LogP contribution in [0.2, 0.25) is 0 Å². The first-order valence-corrected chi connectivity index (χ1v) is 8.71. The van der Waals surface area contributed by atoms with Crippen LogP contribution in [0.3, 0.4) is 0 Å². The highest BCUT2D eigenvalue weighted by atomic mass is 32.1. The Morgan fingerprint density at radius 1 is 0.680 bits per heavy atom. The van der Waals surface area contributed by atoms with Gasteiger partial charge < -0.3 is 9.55 Å². The Labute approximate surface area is 152 Å². The number of nitrogens with zero attached hydrogens (tertiary/aromatic N) is 1. The van der Waals surface area contributed by atoms with Crippen molar-refractivity contribution in [2.24, 2.45) is 0 Å². The number of imidazole rings is 1. The van der Waals surface area contributed by atoms with Crippen molar-refractivity contribution in [3.63, 3.8) is 0 Å². The van der Waals surface area contributed by atoms with Gasteiger partial charge in [-0.2, -0.15) is 0 Å². The van der Waals surface area contributed by atoms with Gasteiger partial charge in [-0.25, -0.2) is 0 Å². The number of hydrogen-bond donors (Lipinski definition) is 1. The van der Waals surface area contributed by atoms with E-state index in [9.17, 15) is 0 Å². The van der Waals surface area contributed by atoms with Gasteiger partial charge in [0.25, 0.3) is 0 Å². The summed E-state index contributed by atoms with van der Waals surface area (Å²) < 4.78 is 2.92. The van der Waals surface area contributed by atoms with Gasteiger partial charge in [0, 0.05) is 11.1 Å². The van der Waals surface area contributed by atoms with Crippen LogP contribution in [0, 0.1) is 4.77 Å². The van der Waals surface area contributed by atoms with E-state index >= 15 is 0 Å². The summed E-state index contributed by atoms with van der Waals surface area (Å²) in [6.45, 7) is 0.743. The Hall–Kier alpha value is -2.91. The second kappa shape index (κ2) is 6.91. The minimum absolute atomic E-state index is 0.738. The summed E-state index contributed by atoms with van der Waals surface area (Å²) in [7, 11) is 0. The van der Waals surface area contributed by atoms with Crippen LogP contribution in [0.15, 0.2) is 91.0 Å². The summed E-state index contributed by atoms with van der Waals surface area (Å²) >= 11 is 5.67. The molecule has 0 radical (unpaired) electrons. The highest BCUT2D eigenvalue weighted by Gasteiger charge is 2.15. The molecule has 0 saturated heterocycles. The maximum absolute atomic E-state index is 5.67. The van der Waals surface area contributed by atoms with Crippen LogP contribution in [-0.4, -0.2) is 9.55 Å². The molecule has 0 saturated carbocycles. The van der Waals surface area contributed by atoms with E-state index in [4.69, 9.17) is 12.2 Å². The second-order valence-electron chi connectivity index (χ2n) is 5.96. The topological polar surface area (TPSA) is 20.7 Å². The van der Waals surface area contributed by atoms with Gasteiger partial charge in [-0.15, -0.1) is 0 Å². The SMILES string of the molecule is S=c1[nH]c(-c2ccccc2)c(-c2ccccc2)n1Cc1ccccc1. The molecule has 0 bridgehead atoms. The molecule has 1 heterocycles. The molecule has 0 spiro atoms. The highest BCUT2D eigenvalue weighted by molar-refractivity contribution is 7.71. The van der Waals surface area contributed by atoms with Crippen molar-refractivity contribution >= 4 is 12.2 Å². The standard InChI is InChI=1S/C22H18N2S/c25-22-23-20(18-12-6-2-7-13-18)21(19-14-8-3-9-15-19)24(22)16-17-10-4-1-5-11-17/h1-15H,16H2,(H,23,25). The largest absolute Gasteiger partial charge is 0.330 e. The zero-order chi connectivity index (χ0) is 17.1. The average molecular weight is 342 g/mol. The molecule has 25 heavy (non-hydrogen) atoms. The van der Waals surface area contributed by atoms with Crippen molar-refractivity contribution in [3.05, 3.63) is 101 Å². The number of aromatic nitrogens is 2. The molecule has 4 rings (SSSR count). The van der Waals surface area contributed by atoms with Gasteiger partial charge in [-0.3, -0.25) is 0 Å². The first kappa shape index (κ1) is 15.6. The van der Waals surface area contributed by atoms with Gasteiger partial charge in [0.15, 0.2) is 4.77 Å². The molecule has 2 nitrogen and oxygen atoms in total. The van der Waals surface area contributed by atoms with Crippen molar-refractivity contribution in [1.29, 1.82) is 0 Å². The number of aromatic amines is 1. The summed E-state index contributed by atoms with van der Waals surface area (Å²) in [5.74, 6) is 0. The molecule has 0 aliphatic rings. The maximum Gasteiger partial charge on any atom is 0.178 e. The third kappa shape index (κ3) is 3.19. The molecule has 3 heteroatoms. The quantitative estimate of drug-likeness (QED) is 0.456. The zero-order valence-electron chi connectivity index (χ0n) is 13.7. The minimum Gasteiger partial charge on any atom is -0.330 e. The molecule has 0 aliphatic carbocycles. The van der Waals surface area contributed by atoms with Crippen molar-refractivity contribution in [3.8, 4) is 22.5 Å². The van der Waals surface area contributed by atoms with Crippen molar-refractivity contribution in [1.82, 2.24) is 9.55 Å². The normalized spacial score (nSPS) is 10.7. The van der Waals surface area contributed by atoms with Crippen LogP contribution in [0.1, 0.15) is 5.56 Å². The van der Waals surface area contributed by atoms with E-state index in [1.165, 1.54) is 5.56 Å². The Morgan fingerprint density at radius 2 is 1.20 bits per heavy atom. The fourth-order valence-corrected chi connectivity index (χ4v) is 3.35. The van der Waals surface area contributed by atoms with Gasteiger partial charge in [-0.1, -0.05) is 91.0 Å². The molecule has 122 valence electrons. The Bertz CT molecular complexity index is 1020. The van der Waals surface area contributed by atoms with Crippen LogP contribution in [0.5, 0.6) is 0 Å². The average Bonchev–Trinajstić information content (AvgIpc) is 3.00. The van der Waals surface area contributed by atoms with E-state index in [0.717, 1.165) is 33.8 Å². The molecule has 1 aromatic heterocycles. The lowest BCUT2D eigenvalue weighted by Gasteiger charge is -2.11. The van der Waals surface area contributed by atoms with Crippen molar-refractivity contribution in [2.45, 2.75) is 6.54 Å². The van der Waals surface area contributed by atoms with Crippen LogP contribution >= 0.6 is 12.2 Å². The van der Waals surface area contributed by atoms with Crippen LogP contribution in [0.4, 0.5) is 0 Å². The predicted octanol–water partition coefficient (Wildman–Crippen LogP) is 5.93. The van der Waals surface area contributed by atoms with Crippen molar-refractivity contribution in [2.75, 3.05) is 0 Å². The van der Waals surface area contributed by atoms with Crippen LogP contribution in [0.25, 0.3) is 22.5 Å². The van der Waals surface area contributed by atoms with Crippen LogP contribution < -0.4 is 0 Å². The second-order valence-corrected chi connectivity index (χ2v) is 6.34. The lowest BCUT2D eigenvalue weighted by molar-refractivity contribution is 0.791. The van der Waals surface area contributed by atoms with E-state index in [2.05, 4.69) is 82.3 Å². The molecule has 4 aromatic rings. The number of hydrogen-bond acceptors (Lipinski definition) is 1. The molecular formula is C22H18N2S. The van der Waals surface area contributed by atoms with Gasteiger partial charge >= 0.3 is 0 Å². The Morgan fingerprint density at radius 3 is 1.80 bits per heavy atom. The fraction of sp³-hybridized carbons (Fsp3) is 0.0455. The summed E-state index contributed by atoms with van der Waals surface area (Å²) in [6.07, 6.45) is 0. The lowest BCUT2D eigenvalue weighted by atomic mass is 10.0. The third-order valence-corrected chi connectivity index (χ3v) is 4.60. The molecule has 0 amide bonds. The lowest BCUT2D eigenvalue weighted by Crippen LogP contribution is -2.02. The molecule has 0 unspecified atom stereocenters. The molecular weight excluding hydrogens is 324 g/mol. The van der Waals surface area contributed by atoms with E-state index in [1.54, 1.807) is 0 Å². The van der Waals surface area contributed by atoms with E-state index in [-0.39, 0.29) is 0 Å². The van der Waals surface area contributed by atoms with E-state index < -0.39 is 0 Å². The maximum atomic E-state index is 5.67. The van der Waals surface area contributed by atoms with Gasteiger partial charge in [-0.05, 0) is 17.8 Å². The van der Waals surface area contributed by atoms with E-state index in [0.29, 0.717) is 0 Å². The van der Waals surface area contributed by atoms with Gasteiger partial charge in [0.2, 0.25) is 0 Å². The first-order valence-electron chi connectivity index (χ1n) is 8.30. The number of rotatable bonds is 4. The zero-order valence-corrected chi connectivity index (χ0v) is 14.5. The minimum atomic E-state index is 0.738. The highest BCUT2D eigenvalue weighted by Crippen LogP contribution is 2.32. The predicted molar refractivity (Wildman–Crippen MR) is 106 cm³/mol. The first-order chi connectivity index (χ1) is 12.3. The number of H-pyrrole nitrogens is 1. The Kier molecular flexibility index (Phi) is 4.32. The summed E-state index contributed by atoms with van der Waals surface area (Å²) in [6, 6.07) is 31.2. The molecule has 1 N–H and O–H groups in total. The molecule has 0 atom stereocenters. The van der Waals surface area contributed by atoms with E-state index in [1.807, 2.05) is 18.2 Å². The molecule has 3 aromatic carbocycles. The van der Waals surface area contributed by atoms with Gasteiger partial charge in [0.1, 0.15) is 0 Å². The monoisotopic (exact) mass is 342 g/mol. The number of nitrogens with one attached hydrogen (secondary N) is 1. The smallest absolute Gasteiger partial charge is 0.178 e. The summed E-state index contributed by atoms with van der Waals surface area (Å²) in [5, 5.41) is 0. The van der Waals surface area contributed by atoms with Crippen molar-refractivity contribution < 1.29 is 0 Å². The molecule has 0 aliphatic heterocycles. The number of benzene rings is 3. The third-order valence-electron chi connectivity index (χ3n) is 4.28. The Balaban J connectivity index is 1.92.